The number of ketones is 1. The maximum atomic E-state index is 12.2. The molecule has 1 saturated heterocycles. The fraction of sp³-hybridized carbons (Fsp3) is 0.947. The Kier molecular flexibility index (Phi) is 10.9. The minimum Gasteiger partial charge on any atom is -0.377 e. The first-order chi connectivity index (χ1) is 10.3. The van der Waals surface area contributed by atoms with Crippen LogP contribution in [0.1, 0.15) is 97.3 Å². The highest BCUT2D eigenvalue weighted by molar-refractivity contribution is 5.81. The summed E-state index contributed by atoms with van der Waals surface area (Å²) in [5, 5.41) is 0. The van der Waals surface area contributed by atoms with Crippen molar-refractivity contribution in [3.8, 4) is 0 Å². The van der Waals surface area contributed by atoms with E-state index >= 15 is 0 Å². The van der Waals surface area contributed by atoms with E-state index in [1.165, 1.54) is 57.8 Å². The smallest absolute Gasteiger partial charge is 0.138 e. The van der Waals surface area contributed by atoms with E-state index in [1.54, 1.807) is 0 Å². The second kappa shape index (κ2) is 12.2. The van der Waals surface area contributed by atoms with Crippen LogP contribution in [-0.4, -0.2) is 18.5 Å². The van der Waals surface area contributed by atoms with Crippen LogP contribution in [-0.2, 0) is 9.53 Å². The van der Waals surface area contributed by atoms with Crippen molar-refractivity contribution < 1.29 is 9.53 Å². The third-order valence-electron chi connectivity index (χ3n) is 4.80. The molecule has 0 saturated carbocycles. The van der Waals surface area contributed by atoms with Gasteiger partial charge in [-0.3, -0.25) is 4.79 Å². The number of Topliss-reactive ketones (excluding diaryl/α,β-unsaturated/α-hetero) is 1. The van der Waals surface area contributed by atoms with Crippen molar-refractivity contribution in [1.29, 1.82) is 0 Å². The van der Waals surface area contributed by atoms with Crippen molar-refractivity contribution >= 4 is 5.78 Å². The van der Waals surface area contributed by atoms with Gasteiger partial charge in [0.15, 0.2) is 0 Å². The third-order valence-corrected chi connectivity index (χ3v) is 4.80. The minimum absolute atomic E-state index is 0.202. The molecule has 0 radical (unpaired) electrons. The van der Waals surface area contributed by atoms with Crippen molar-refractivity contribution in [2.45, 2.75) is 103 Å². The minimum atomic E-state index is 0.202. The largest absolute Gasteiger partial charge is 0.377 e. The first-order valence-electron chi connectivity index (χ1n) is 9.43. The van der Waals surface area contributed by atoms with Crippen LogP contribution in [0.2, 0.25) is 0 Å². The van der Waals surface area contributed by atoms with Crippen molar-refractivity contribution in [3.63, 3.8) is 0 Å². The molecule has 2 heteroatoms. The summed E-state index contributed by atoms with van der Waals surface area (Å²) in [4.78, 5) is 12.2. The van der Waals surface area contributed by atoms with Crippen LogP contribution in [0.5, 0.6) is 0 Å². The van der Waals surface area contributed by atoms with Crippen molar-refractivity contribution in [3.05, 3.63) is 0 Å². The molecule has 1 fully saturated rings. The van der Waals surface area contributed by atoms with Gasteiger partial charge in [-0.05, 0) is 19.3 Å². The number of hydrogen-bond donors (Lipinski definition) is 0. The molecule has 1 aliphatic rings. The van der Waals surface area contributed by atoms with E-state index in [9.17, 15) is 4.79 Å². The van der Waals surface area contributed by atoms with Gasteiger partial charge in [-0.1, -0.05) is 71.6 Å². The highest BCUT2D eigenvalue weighted by Gasteiger charge is 2.31. The van der Waals surface area contributed by atoms with Gasteiger partial charge in [-0.2, -0.15) is 0 Å². The molecule has 0 aromatic carbocycles. The van der Waals surface area contributed by atoms with E-state index in [2.05, 4.69) is 13.8 Å². The molecule has 2 atom stereocenters. The Hall–Kier alpha value is -0.370. The molecule has 21 heavy (non-hydrogen) atoms. The lowest BCUT2D eigenvalue weighted by atomic mass is 9.91. The first-order valence-corrected chi connectivity index (χ1v) is 9.43. The fourth-order valence-corrected chi connectivity index (χ4v) is 3.39. The van der Waals surface area contributed by atoms with Crippen LogP contribution >= 0.6 is 0 Å². The summed E-state index contributed by atoms with van der Waals surface area (Å²) in [5.74, 6) is 0.660. The molecule has 0 spiro atoms. The average Bonchev–Trinajstić information content (AvgIpc) is 2.97. The lowest BCUT2D eigenvalue weighted by molar-refractivity contribution is -0.124. The Balaban J connectivity index is 1.91. The van der Waals surface area contributed by atoms with E-state index in [0.717, 1.165) is 32.3 Å². The summed E-state index contributed by atoms with van der Waals surface area (Å²) in [7, 11) is 0. The number of hydrogen-bond acceptors (Lipinski definition) is 2. The molecule has 0 N–H and O–H groups in total. The molecular formula is C19H36O2. The second-order valence-corrected chi connectivity index (χ2v) is 6.61. The Labute approximate surface area is 132 Å². The molecule has 0 aliphatic carbocycles. The molecule has 2 nitrogen and oxygen atoms in total. The van der Waals surface area contributed by atoms with Crippen LogP contribution in [0, 0.1) is 5.92 Å². The summed E-state index contributed by atoms with van der Waals surface area (Å²) in [6, 6.07) is 0. The highest BCUT2D eigenvalue weighted by atomic mass is 16.5. The zero-order valence-electron chi connectivity index (χ0n) is 14.4. The summed E-state index contributed by atoms with van der Waals surface area (Å²) >= 11 is 0. The van der Waals surface area contributed by atoms with Gasteiger partial charge in [-0.15, -0.1) is 0 Å². The van der Waals surface area contributed by atoms with Gasteiger partial charge < -0.3 is 4.74 Å². The Bertz CT molecular complexity index is 262. The van der Waals surface area contributed by atoms with E-state index in [1.807, 2.05) is 0 Å². The molecule has 0 aromatic rings. The number of carbonyl (C=O) groups excluding carboxylic acids is 1. The van der Waals surface area contributed by atoms with Gasteiger partial charge >= 0.3 is 0 Å². The van der Waals surface area contributed by atoms with Gasteiger partial charge in [0, 0.05) is 18.9 Å². The predicted octanol–water partition coefficient (Wildman–Crippen LogP) is 5.68. The van der Waals surface area contributed by atoms with Crippen LogP contribution < -0.4 is 0 Å². The molecule has 0 bridgehead atoms. The molecule has 1 aliphatic heterocycles. The normalized spacial score (nSPS) is 21.8. The zero-order valence-corrected chi connectivity index (χ0v) is 14.4. The van der Waals surface area contributed by atoms with Gasteiger partial charge in [-0.25, -0.2) is 0 Å². The topological polar surface area (TPSA) is 26.3 Å². The summed E-state index contributed by atoms with van der Waals surface area (Å²) in [6.45, 7) is 5.17. The number of carbonyl (C=O) groups is 1. The zero-order chi connectivity index (χ0) is 15.3. The summed E-state index contributed by atoms with van der Waals surface area (Å²) < 4.78 is 5.61. The maximum absolute atomic E-state index is 12.2. The van der Waals surface area contributed by atoms with Crippen molar-refractivity contribution in [1.82, 2.24) is 0 Å². The van der Waals surface area contributed by atoms with E-state index in [4.69, 9.17) is 4.74 Å². The molecule has 1 heterocycles. The number of rotatable bonds is 13. The Morgan fingerprint density at radius 1 is 0.905 bits per heavy atom. The average molecular weight is 296 g/mol. The monoisotopic (exact) mass is 296 g/mol. The molecule has 1 rings (SSSR count). The van der Waals surface area contributed by atoms with Gasteiger partial charge in [0.25, 0.3) is 0 Å². The van der Waals surface area contributed by atoms with E-state index < -0.39 is 0 Å². The Morgan fingerprint density at radius 3 is 2.05 bits per heavy atom. The second-order valence-electron chi connectivity index (χ2n) is 6.61. The van der Waals surface area contributed by atoms with E-state index in [0.29, 0.717) is 5.78 Å². The number of ether oxygens (including phenoxy) is 1. The standard InChI is InChI=1S/C19H36O2/c1-3-5-6-7-8-9-10-11-12-13-14-18(20)17-15-16-21-19(17)4-2/h17,19H,3-16H2,1-2H3. The highest BCUT2D eigenvalue weighted by Crippen LogP contribution is 2.26. The molecule has 0 aromatic heterocycles. The molecule has 2 unspecified atom stereocenters. The maximum Gasteiger partial charge on any atom is 0.138 e. The lowest BCUT2D eigenvalue weighted by Gasteiger charge is -2.15. The van der Waals surface area contributed by atoms with Crippen LogP contribution in [0.3, 0.4) is 0 Å². The van der Waals surface area contributed by atoms with Crippen molar-refractivity contribution in [2.24, 2.45) is 5.92 Å². The summed E-state index contributed by atoms with van der Waals surface area (Å²) in [6.07, 6.45) is 16.2. The third kappa shape index (κ3) is 7.99. The fourth-order valence-electron chi connectivity index (χ4n) is 3.39. The lowest BCUT2D eigenvalue weighted by Crippen LogP contribution is -2.23. The molecule has 124 valence electrons. The number of unbranched alkanes of at least 4 members (excludes halogenated alkanes) is 9. The predicted molar refractivity (Wildman–Crippen MR) is 89.6 cm³/mol. The quantitative estimate of drug-likeness (QED) is 0.409. The van der Waals surface area contributed by atoms with E-state index in [-0.39, 0.29) is 12.0 Å². The van der Waals surface area contributed by atoms with Crippen LogP contribution in [0.4, 0.5) is 0 Å². The van der Waals surface area contributed by atoms with Gasteiger partial charge in [0.1, 0.15) is 5.78 Å². The first kappa shape index (κ1) is 18.7. The van der Waals surface area contributed by atoms with Gasteiger partial charge in [0.2, 0.25) is 0 Å². The van der Waals surface area contributed by atoms with Crippen LogP contribution in [0.25, 0.3) is 0 Å². The Morgan fingerprint density at radius 2 is 1.48 bits per heavy atom. The SMILES string of the molecule is CCCCCCCCCCCCC(=O)C1CCOC1CC. The molecular weight excluding hydrogens is 260 g/mol. The van der Waals surface area contributed by atoms with Crippen molar-refractivity contribution in [2.75, 3.05) is 6.61 Å². The van der Waals surface area contributed by atoms with Crippen LogP contribution in [0.15, 0.2) is 0 Å². The van der Waals surface area contributed by atoms with Gasteiger partial charge in [0.05, 0.1) is 6.10 Å². The molecule has 0 amide bonds. The summed E-state index contributed by atoms with van der Waals surface area (Å²) in [5.41, 5.74) is 0.